The van der Waals surface area contributed by atoms with Crippen LogP contribution in [0.15, 0.2) is 42.7 Å². The Kier molecular flexibility index (Phi) is 5.19. The Morgan fingerprint density at radius 3 is 2.42 bits per heavy atom. The number of hydrogen-bond donors (Lipinski definition) is 0. The van der Waals surface area contributed by atoms with Crippen molar-refractivity contribution in [2.75, 3.05) is 0 Å². The summed E-state index contributed by atoms with van der Waals surface area (Å²) in [5.74, 6) is -0.407. The molecule has 0 aliphatic rings. The third-order valence-electron chi connectivity index (χ3n) is 3.56. The van der Waals surface area contributed by atoms with Crippen molar-refractivity contribution in [3.8, 4) is 11.5 Å². The zero-order chi connectivity index (χ0) is 16.6. The number of esters is 2. The first-order valence-electron chi connectivity index (χ1n) is 7.20. The first-order valence-corrected chi connectivity index (χ1v) is 7.20. The highest BCUT2D eigenvalue weighted by Gasteiger charge is 2.19. The predicted molar refractivity (Wildman–Crippen MR) is 84.5 cm³/mol. The number of nitrogens with zero attached hydrogens (tertiary/aromatic N) is 1. The van der Waals surface area contributed by atoms with Gasteiger partial charge in [0.1, 0.15) is 0 Å². The number of carbonyl (C=O) groups excluding carboxylic acids is 2. The molecule has 0 bridgehead atoms. The smallest absolute Gasteiger partial charge is 0.308 e. The van der Waals surface area contributed by atoms with Gasteiger partial charge in [-0.05, 0) is 24.4 Å². The van der Waals surface area contributed by atoms with E-state index in [9.17, 15) is 9.59 Å². The van der Waals surface area contributed by atoms with Gasteiger partial charge in [0, 0.05) is 37.6 Å². The molecule has 124 valence electrons. The summed E-state index contributed by atoms with van der Waals surface area (Å²) in [5.41, 5.74) is 1.75. The van der Waals surface area contributed by atoms with E-state index in [4.69, 9.17) is 9.47 Å². The Bertz CT molecular complexity index is 953. The number of aryl methyl sites for hydroxylation is 1. The molecule has 0 N–H and O–H groups in total. The van der Waals surface area contributed by atoms with Crippen LogP contribution in [0.2, 0.25) is 0 Å². The number of rotatable bonds is 2. The standard InChI is InChI=1S/C18H16NO4.BrH/c1-11-16-10-19-7-5-4-6-15(19)8-14(16)9-17(22-12(2)20)18(11)23-13(3)21;/h4-10H,1-3H3;1H/q+1;/p-1. The highest BCUT2D eigenvalue weighted by molar-refractivity contribution is 5.92. The average Bonchev–Trinajstić information content (AvgIpc) is 2.49. The van der Waals surface area contributed by atoms with Gasteiger partial charge >= 0.3 is 11.9 Å². The fourth-order valence-corrected chi connectivity index (χ4v) is 2.61. The van der Waals surface area contributed by atoms with Crippen molar-refractivity contribution in [1.82, 2.24) is 0 Å². The summed E-state index contributed by atoms with van der Waals surface area (Å²) >= 11 is 0. The fraction of sp³-hybridized carbons (Fsp3) is 0.167. The van der Waals surface area contributed by atoms with Crippen LogP contribution in [0.1, 0.15) is 19.4 Å². The molecule has 2 aromatic heterocycles. The average molecular weight is 390 g/mol. The second-order valence-electron chi connectivity index (χ2n) is 5.33. The Hall–Kier alpha value is -2.47. The lowest BCUT2D eigenvalue weighted by Crippen LogP contribution is -3.00. The minimum atomic E-state index is -0.465. The zero-order valence-electron chi connectivity index (χ0n) is 13.5. The predicted octanol–water partition coefficient (Wildman–Crippen LogP) is -0.258. The number of aromatic nitrogens is 1. The van der Waals surface area contributed by atoms with E-state index in [-0.39, 0.29) is 28.5 Å². The van der Waals surface area contributed by atoms with Gasteiger partial charge in [-0.2, -0.15) is 4.40 Å². The molecule has 24 heavy (non-hydrogen) atoms. The topological polar surface area (TPSA) is 56.7 Å². The van der Waals surface area contributed by atoms with Crippen LogP contribution < -0.4 is 30.9 Å². The molecule has 3 rings (SSSR count). The second-order valence-corrected chi connectivity index (χ2v) is 5.33. The van der Waals surface area contributed by atoms with Crippen molar-refractivity contribution < 1.29 is 40.4 Å². The Morgan fingerprint density at radius 2 is 1.75 bits per heavy atom. The largest absolute Gasteiger partial charge is 1.00 e. The Balaban J connectivity index is 0.00000208. The molecule has 3 aromatic rings. The van der Waals surface area contributed by atoms with Crippen molar-refractivity contribution in [3.05, 3.63) is 48.3 Å². The van der Waals surface area contributed by atoms with Crippen LogP contribution in [-0.2, 0) is 9.59 Å². The lowest BCUT2D eigenvalue weighted by atomic mass is 10.0. The zero-order valence-corrected chi connectivity index (χ0v) is 15.1. The molecule has 0 fully saturated rings. The van der Waals surface area contributed by atoms with Crippen LogP contribution in [0.4, 0.5) is 0 Å². The minimum absolute atomic E-state index is 0. The molecular formula is C18H16BrNO4. The van der Waals surface area contributed by atoms with Crippen molar-refractivity contribution >= 4 is 28.2 Å². The first-order chi connectivity index (χ1) is 11.0. The number of pyridine rings is 2. The van der Waals surface area contributed by atoms with E-state index in [1.165, 1.54) is 13.8 Å². The van der Waals surface area contributed by atoms with E-state index >= 15 is 0 Å². The lowest BCUT2D eigenvalue weighted by molar-refractivity contribution is -0.510. The third kappa shape index (κ3) is 3.38. The maximum Gasteiger partial charge on any atom is 0.308 e. The normalized spacial score (nSPS) is 10.3. The van der Waals surface area contributed by atoms with E-state index in [0.29, 0.717) is 0 Å². The van der Waals surface area contributed by atoms with Crippen LogP contribution in [0.25, 0.3) is 16.3 Å². The van der Waals surface area contributed by atoms with E-state index in [1.807, 2.05) is 48.0 Å². The summed E-state index contributed by atoms with van der Waals surface area (Å²) in [6.07, 6.45) is 3.91. The maximum atomic E-state index is 11.4. The van der Waals surface area contributed by atoms with Crippen LogP contribution >= 0.6 is 0 Å². The number of hydrogen-bond acceptors (Lipinski definition) is 4. The van der Waals surface area contributed by atoms with Gasteiger partial charge in [0.25, 0.3) is 0 Å². The number of carbonyl (C=O) groups is 2. The summed E-state index contributed by atoms with van der Waals surface area (Å²) in [4.78, 5) is 22.7. The van der Waals surface area contributed by atoms with Gasteiger partial charge in [-0.15, -0.1) is 0 Å². The van der Waals surface area contributed by atoms with Crippen molar-refractivity contribution in [3.63, 3.8) is 0 Å². The molecule has 6 heteroatoms. The summed E-state index contributed by atoms with van der Waals surface area (Å²) in [6, 6.07) is 9.59. The molecule has 0 aliphatic carbocycles. The molecule has 2 heterocycles. The van der Waals surface area contributed by atoms with Gasteiger partial charge in [-0.3, -0.25) is 9.59 Å². The maximum absolute atomic E-state index is 11.4. The molecule has 0 saturated heterocycles. The highest BCUT2D eigenvalue weighted by Crippen LogP contribution is 2.37. The van der Waals surface area contributed by atoms with Gasteiger partial charge in [0.05, 0.1) is 5.39 Å². The second kappa shape index (κ2) is 6.97. The minimum Gasteiger partial charge on any atom is -1.00 e. The number of fused-ring (bicyclic) bond motifs is 2. The molecule has 0 unspecified atom stereocenters. The Labute approximate surface area is 149 Å². The molecule has 0 spiro atoms. The molecular weight excluding hydrogens is 374 g/mol. The van der Waals surface area contributed by atoms with E-state index in [1.54, 1.807) is 6.07 Å². The van der Waals surface area contributed by atoms with Crippen LogP contribution in [0.3, 0.4) is 0 Å². The van der Waals surface area contributed by atoms with Gasteiger partial charge < -0.3 is 26.5 Å². The van der Waals surface area contributed by atoms with E-state index in [2.05, 4.69) is 0 Å². The lowest BCUT2D eigenvalue weighted by Gasteiger charge is -2.13. The van der Waals surface area contributed by atoms with Crippen LogP contribution in [0, 0.1) is 6.92 Å². The van der Waals surface area contributed by atoms with Gasteiger partial charge in [0.2, 0.25) is 5.52 Å². The summed E-state index contributed by atoms with van der Waals surface area (Å²) in [6.45, 7) is 4.46. The molecule has 0 radical (unpaired) electrons. The monoisotopic (exact) mass is 389 g/mol. The number of halogens is 1. The first kappa shape index (κ1) is 17.9. The SMILES string of the molecule is CC(=O)Oc1cc2cc3cccc[n+]3cc2c(C)c1OC(C)=O.[Br-]. The summed E-state index contributed by atoms with van der Waals surface area (Å²) < 4.78 is 12.5. The molecule has 1 aromatic carbocycles. The van der Waals surface area contributed by atoms with Gasteiger partial charge in [-0.1, -0.05) is 0 Å². The molecule has 5 nitrogen and oxygen atoms in total. The highest BCUT2D eigenvalue weighted by atomic mass is 79.9. The third-order valence-corrected chi connectivity index (χ3v) is 3.56. The van der Waals surface area contributed by atoms with Crippen molar-refractivity contribution in [2.24, 2.45) is 0 Å². The van der Waals surface area contributed by atoms with E-state index in [0.717, 1.165) is 21.9 Å². The van der Waals surface area contributed by atoms with Crippen molar-refractivity contribution in [2.45, 2.75) is 20.8 Å². The quantitative estimate of drug-likeness (QED) is 0.262. The van der Waals surface area contributed by atoms with Crippen molar-refractivity contribution in [1.29, 1.82) is 0 Å². The van der Waals surface area contributed by atoms with Gasteiger partial charge in [0.15, 0.2) is 23.9 Å². The van der Waals surface area contributed by atoms with Crippen LogP contribution in [-0.4, -0.2) is 11.9 Å². The number of benzene rings is 1. The molecule has 0 aliphatic heterocycles. The van der Waals surface area contributed by atoms with E-state index < -0.39 is 11.9 Å². The fourth-order valence-electron chi connectivity index (χ4n) is 2.61. The molecule has 0 atom stereocenters. The molecule has 0 amide bonds. The van der Waals surface area contributed by atoms with Gasteiger partial charge in [-0.25, -0.2) is 0 Å². The number of ether oxygens (including phenoxy) is 2. The summed E-state index contributed by atoms with van der Waals surface area (Å²) in [7, 11) is 0. The summed E-state index contributed by atoms with van der Waals surface area (Å²) in [5, 5.41) is 1.82. The van der Waals surface area contributed by atoms with Crippen LogP contribution in [0.5, 0.6) is 11.5 Å². The Morgan fingerprint density at radius 1 is 1.04 bits per heavy atom. The molecule has 0 saturated carbocycles.